The first-order chi connectivity index (χ1) is 11.1. The molecular weight excluding hydrogens is 356 g/mol. The van der Waals surface area contributed by atoms with Crippen LogP contribution >= 0.6 is 15.9 Å². The van der Waals surface area contributed by atoms with Gasteiger partial charge in [-0.05, 0) is 40.1 Å². The Morgan fingerprint density at radius 2 is 1.87 bits per heavy atom. The van der Waals surface area contributed by atoms with Crippen LogP contribution in [0.5, 0.6) is 0 Å². The van der Waals surface area contributed by atoms with Crippen LogP contribution in [-0.2, 0) is 20.1 Å². The highest BCUT2D eigenvalue weighted by molar-refractivity contribution is 9.10. The van der Waals surface area contributed by atoms with E-state index in [2.05, 4.69) is 63.3 Å². The van der Waals surface area contributed by atoms with Crippen molar-refractivity contribution in [3.8, 4) is 0 Å². The lowest BCUT2D eigenvalue weighted by Gasteiger charge is -2.20. The van der Waals surface area contributed by atoms with Gasteiger partial charge in [0.2, 0.25) is 0 Å². The Kier molecular flexibility index (Phi) is 6.36. The van der Waals surface area contributed by atoms with Crippen molar-refractivity contribution in [1.29, 1.82) is 0 Å². The predicted octanol–water partition coefficient (Wildman–Crippen LogP) is 3.00. The number of benzene rings is 1. The van der Waals surface area contributed by atoms with Crippen LogP contribution in [0.3, 0.4) is 0 Å². The molecule has 0 unspecified atom stereocenters. The van der Waals surface area contributed by atoms with E-state index in [1.54, 1.807) is 13.2 Å². The maximum atomic E-state index is 11.9. The van der Waals surface area contributed by atoms with Gasteiger partial charge in [0.1, 0.15) is 4.47 Å². The van der Waals surface area contributed by atoms with E-state index in [-0.39, 0.29) is 5.56 Å². The first-order valence-corrected chi connectivity index (χ1v) is 8.60. The van der Waals surface area contributed by atoms with Crippen molar-refractivity contribution in [2.75, 3.05) is 18.4 Å². The number of halogens is 1. The number of anilines is 1. The number of hydrogen-bond acceptors (Lipinski definition) is 4. The Morgan fingerprint density at radius 1 is 1.22 bits per heavy atom. The summed E-state index contributed by atoms with van der Waals surface area (Å²) in [7, 11) is 1.64. The van der Waals surface area contributed by atoms with E-state index in [0.717, 1.165) is 19.6 Å². The van der Waals surface area contributed by atoms with Crippen LogP contribution in [0.2, 0.25) is 0 Å². The number of hydrogen-bond donors (Lipinski definition) is 1. The molecule has 0 aliphatic heterocycles. The molecule has 23 heavy (non-hydrogen) atoms. The van der Waals surface area contributed by atoms with E-state index >= 15 is 0 Å². The van der Waals surface area contributed by atoms with E-state index in [1.807, 2.05) is 6.07 Å². The SMILES string of the molecule is CCN(CC)Cc1ccccc1CNc1cnn(C)c(=O)c1Br. The molecule has 1 aromatic carbocycles. The van der Waals surface area contributed by atoms with E-state index < -0.39 is 0 Å². The van der Waals surface area contributed by atoms with Gasteiger partial charge in [0, 0.05) is 20.1 Å². The third-order valence-corrected chi connectivity index (χ3v) is 4.72. The smallest absolute Gasteiger partial charge is 0.282 e. The molecule has 0 radical (unpaired) electrons. The molecule has 0 bridgehead atoms. The van der Waals surface area contributed by atoms with E-state index in [1.165, 1.54) is 15.8 Å². The summed E-state index contributed by atoms with van der Waals surface area (Å²) >= 11 is 3.34. The first kappa shape index (κ1) is 17.7. The summed E-state index contributed by atoms with van der Waals surface area (Å²) in [6.07, 6.45) is 1.67. The maximum absolute atomic E-state index is 11.9. The molecule has 2 rings (SSSR count). The van der Waals surface area contributed by atoms with Crippen LogP contribution in [-0.4, -0.2) is 27.8 Å². The Balaban J connectivity index is 2.15. The normalized spacial score (nSPS) is 11.0. The molecule has 6 heteroatoms. The van der Waals surface area contributed by atoms with Gasteiger partial charge in [0.25, 0.3) is 5.56 Å². The highest BCUT2D eigenvalue weighted by atomic mass is 79.9. The Labute approximate surface area is 145 Å². The van der Waals surface area contributed by atoms with Crippen LogP contribution in [0.15, 0.2) is 39.7 Å². The Morgan fingerprint density at radius 3 is 2.52 bits per heavy atom. The van der Waals surface area contributed by atoms with Gasteiger partial charge < -0.3 is 5.32 Å². The molecule has 5 nitrogen and oxygen atoms in total. The molecule has 0 fully saturated rings. The number of aromatic nitrogens is 2. The molecule has 0 aliphatic carbocycles. The minimum absolute atomic E-state index is 0.147. The van der Waals surface area contributed by atoms with Crippen LogP contribution in [0.4, 0.5) is 5.69 Å². The van der Waals surface area contributed by atoms with Gasteiger partial charge in [-0.2, -0.15) is 5.10 Å². The topological polar surface area (TPSA) is 50.2 Å². The third-order valence-electron chi connectivity index (χ3n) is 3.95. The van der Waals surface area contributed by atoms with Crippen molar-refractivity contribution in [3.63, 3.8) is 0 Å². The lowest BCUT2D eigenvalue weighted by Crippen LogP contribution is -2.23. The summed E-state index contributed by atoms with van der Waals surface area (Å²) in [6.45, 7) is 8.00. The van der Waals surface area contributed by atoms with Crippen LogP contribution in [0.25, 0.3) is 0 Å². The van der Waals surface area contributed by atoms with Crippen molar-refractivity contribution in [2.24, 2.45) is 7.05 Å². The lowest BCUT2D eigenvalue weighted by molar-refractivity contribution is 0.295. The van der Waals surface area contributed by atoms with E-state index in [4.69, 9.17) is 0 Å². The van der Waals surface area contributed by atoms with Crippen LogP contribution < -0.4 is 10.9 Å². The molecular formula is C17H23BrN4O. The number of aryl methyl sites for hydroxylation is 1. The minimum atomic E-state index is -0.147. The summed E-state index contributed by atoms with van der Waals surface area (Å²) in [5, 5.41) is 7.36. The van der Waals surface area contributed by atoms with Crippen molar-refractivity contribution in [3.05, 3.63) is 56.4 Å². The van der Waals surface area contributed by atoms with Crippen molar-refractivity contribution < 1.29 is 0 Å². The monoisotopic (exact) mass is 378 g/mol. The Bertz CT molecular complexity index is 710. The van der Waals surface area contributed by atoms with Crippen LogP contribution in [0, 0.1) is 0 Å². The fourth-order valence-corrected chi connectivity index (χ4v) is 2.90. The molecule has 0 spiro atoms. The second-order valence-corrected chi connectivity index (χ2v) is 6.18. The summed E-state index contributed by atoms with van der Waals surface area (Å²) in [5.41, 5.74) is 3.10. The van der Waals surface area contributed by atoms with Crippen molar-refractivity contribution in [2.45, 2.75) is 26.9 Å². The highest BCUT2D eigenvalue weighted by Gasteiger charge is 2.09. The summed E-state index contributed by atoms with van der Waals surface area (Å²) in [4.78, 5) is 14.3. The van der Waals surface area contributed by atoms with Gasteiger partial charge in [-0.25, -0.2) is 4.68 Å². The predicted molar refractivity (Wildman–Crippen MR) is 97.6 cm³/mol. The largest absolute Gasteiger partial charge is 0.379 e. The van der Waals surface area contributed by atoms with Gasteiger partial charge in [0.15, 0.2) is 0 Å². The zero-order valence-electron chi connectivity index (χ0n) is 13.8. The van der Waals surface area contributed by atoms with Gasteiger partial charge in [-0.3, -0.25) is 9.69 Å². The molecule has 124 valence electrons. The van der Waals surface area contributed by atoms with Crippen molar-refractivity contribution >= 4 is 21.6 Å². The molecule has 1 heterocycles. The van der Waals surface area contributed by atoms with Crippen molar-refractivity contribution in [1.82, 2.24) is 14.7 Å². The van der Waals surface area contributed by atoms with E-state index in [9.17, 15) is 4.79 Å². The molecule has 0 amide bonds. The number of nitrogens with zero attached hydrogens (tertiary/aromatic N) is 3. The lowest BCUT2D eigenvalue weighted by atomic mass is 10.1. The average Bonchev–Trinajstić information content (AvgIpc) is 2.58. The summed E-state index contributed by atoms with van der Waals surface area (Å²) in [6, 6.07) is 8.39. The van der Waals surface area contributed by atoms with E-state index in [0.29, 0.717) is 16.7 Å². The minimum Gasteiger partial charge on any atom is -0.379 e. The zero-order valence-corrected chi connectivity index (χ0v) is 15.4. The fraction of sp³-hybridized carbons (Fsp3) is 0.412. The molecule has 1 N–H and O–H groups in total. The standard InChI is InChI=1S/C17H23BrN4O/c1-4-22(5-2)12-14-9-7-6-8-13(14)10-19-15-11-20-21(3)17(23)16(15)18/h6-9,11,19H,4-5,10,12H2,1-3H3. The van der Waals surface area contributed by atoms with Gasteiger partial charge >= 0.3 is 0 Å². The maximum Gasteiger partial charge on any atom is 0.282 e. The van der Waals surface area contributed by atoms with Gasteiger partial charge in [0.05, 0.1) is 11.9 Å². The number of nitrogens with one attached hydrogen (secondary N) is 1. The molecule has 0 aliphatic rings. The number of rotatable bonds is 7. The first-order valence-electron chi connectivity index (χ1n) is 7.81. The van der Waals surface area contributed by atoms with Gasteiger partial charge in [-0.1, -0.05) is 38.1 Å². The van der Waals surface area contributed by atoms with Crippen LogP contribution in [0.1, 0.15) is 25.0 Å². The molecule has 1 aromatic heterocycles. The molecule has 0 saturated carbocycles. The van der Waals surface area contributed by atoms with Gasteiger partial charge in [-0.15, -0.1) is 0 Å². The molecule has 2 aromatic rings. The molecule has 0 saturated heterocycles. The molecule has 0 atom stereocenters. The fourth-order valence-electron chi connectivity index (χ4n) is 2.40. The second kappa shape index (κ2) is 8.26. The second-order valence-electron chi connectivity index (χ2n) is 5.38. The third kappa shape index (κ3) is 4.42. The zero-order chi connectivity index (χ0) is 16.8. The summed E-state index contributed by atoms with van der Waals surface area (Å²) < 4.78 is 1.82. The average molecular weight is 379 g/mol. The highest BCUT2D eigenvalue weighted by Crippen LogP contribution is 2.19. The summed E-state index contributed by atoms with van der Waals surface area (Å²) in [5.74, 6) is 0. The Hall–Kier alpha value is -1.66. The quantitative estimate of drug-likeness (QED) is 0.804.